The second-order valence-electron chi connectivity index (χ2n) is 4.03. The van der Waals surface area contributed by atoms with Gasteiger partial charge in [-0.2, -0.15) is 0 Å². The summed E-state index contributed by atoms with van der Waals surface area (Å²) in [6.07, 6.45) is 2.29. The molecule has 2 rings (SSSR count). The fourth-order valence-electron chi connectivity index (χ4n) is 1.84. The summed E-state index contributed by atoms with van der Waals surface area (Å²) in [5.41, 5.74) is 2.09. The van der Waals surface area contributed by atoms with Crippen LogP contribution >= 0.6 is 0 Å². The molecule has 1 aromatic heterocycles. The average molecular weight is 202 g/mol. The van der Waals surface area contributed by atoms with Crippen molar-refractivity contribution in [1.82, 2.24) is 0 Å². The second kappa shape index (κ2) is 3.89. The van der Waals surface area contributed by atoms with E-state index in [1.165, 1.54) is 5.56 Å². The van der Waals surface area contributed by atoms with Crippen LogP contribution in [0.5, 0.6) is 0 Å². The SMILES string of the molecule is CC(=O)CC(C)c1ccc2occc2c1. The van der Waals surface area contributed by atoms with E-state index in [1.54, 1.807) is 13.2 Å². The largest absolute Gasteiger partial charge is 0.464 e. The Labute approximate surface area is 88.9 Å². The fraction of sp³-hybridized carbons (Fsp3) is 0.308. The highest BCUT2D eigenvalue weighted by Gasteiger charge is 2.09. The minimum Gasteiger partial charge on any atom is -0.464 e. The van der Waals surface area contributed by atoms with Gasteiger partial charge in [0.15, 0.2) is 0 Å². The molecule has 0 fully saturated rings. The molecule has 1 heterocycles. The average Bonchev–Trinajstić information content (AvgIpc) is 2.62. The molecule has 0 N–H and O–H groups in total. The molecule has 0 saturated carbocycles. The molecule has 0 amide bonds. The van der Waals surface area contributed by atoms with Gasteiger partial charge in [0.1, 0.15) is 11.4 Å². The highest BCUT2D eigenvalue weighted by Crippen LogP contribution is 2.24. The van der Waals surface area contributed by atoms with E-state index in [4.69, 9.17) is 4.42 Å². The maximum Gasteiger partial charge on any atom is 0.133 e. The Morgan fingerprint density at radius 1 is 1.40 bits per heavy atom. The number of hydrogen-bond acceptors (Lipinski definition) is 2. The number of carbonyl (C=O) groups is 1. The quantitative estimate of drug-likeness (QED) is 0.762. The molecule has 2 aromatic rings. The first-order chi connectivity index (χ1) is 7.16. The lowest BCUT2D eigenvalue weighted by Crippen LogP contribution is -1.99. The molecule has 15 heavy (non-hydrogen) atoms. The number of hydrogen-bond donors (Lipinski definition) is 0. The van der Waals surface area contributed by atoms with Crippen molar-refractivity contribution in [2.24, 2.45) is 0 Å². The molecule has 0 aliphatic heterocycles. The van der Waals surface area contributed by atoms with Crippen molar-refractivity contribution in [3.8, 4) is 0 Å². The van der Waals surface area contributed by atoms with Crippen molar-refractivity contribution >= 4 is 16.8 Å². The Balaban J connectivity index is 2.30. The summed E-state index contributed by atoms with van der Waals surface area (Å²) >= 11 is 0. The maximum absolute atomic E-state index is 11.0. The topological polar surface area (TPSA) is 30.2 Å². The van der Waals surface area contributed by atoms with Crippen LogP contribution in [0, 0.1) is 0 Å². The number of carbonyl (C=O) groups excluding carboxylic acids is 1. The molecular formula is C13H14O2. The Bertz CT molecular complexity index is 482. The first-order valence-corrected chi connectivity index (χ1v) is 5.13. The zero-order valence-electron chi connectivity index (χ0n) is 8.99. The lowest BCUT2D eigenvalue weighted by Gasteiger charge is -2.09. The molecule has 0 saturated heterocycles. The molecule has 0 aliphatic rings. The standard InChI is InChI=1S/C13H14O2/c1-9(7-10(2)14)11-3-4-13-12(8-11)5-6-15-13/h3-6,8-9H,7H2,1-2H3. The van der Waals surface area contributed by atoms with E-state index in [0.717, 1.165) is 11.0 Å². The third kappa shape index (κ3) is 2.09. The normalized spacial score (nSPS) is 12.9. The lowest BCUT2D eigenvalue weighted by atomic mass is 9.95. The molecule has 2 heteroatoms. The van der Waals surface area contributed by atoms with Crippen molar-refractivity contribution in [1.29, 1.82) is 0 Å². The summed E-state index contributed by atoms with van der Waals surface area (Å²) in [5, 5.41) is 1.10. The zero-order chi connectivity index (χ0) is 10.8. The minimum absolute atomic E-state index is 0.231. The first kappa shape index (κ1) is 9.97. The second-order valence-corrected chi connectivity index (χ2v) is 4.03. The highest BCUT2D eigenvalue weighted by molar-refractivity contribution is 5.79. The van der Waals surface area contributed by atoms with Gasteiger partial charge in [-0.25, -0.2) is 0 Å². The van der Waals surface area contributed by atoms with Crippen molar-refractivity contribution in [3.05, 3.63) is 36.1 Å². The van der Waals surface area contributed by atoms with E-state index >= 15 is 0 Å². The van der Waals surface area contributed by atoms with Crippen molar-refractivity contribution in [3.63, 3.8) is 0 Å². The minimum atomic E-state index is 0.231. The van der Waals surface area contributed by atoms with Gasteiger partial charge < -0.3 is 9.21 Å². The number of benzene rings is 1. The van der Waals surface area contributed by atoms with E-state index in [2.05, 4.69) is 13.0 Å². The summed E-state index contributed by atoms with van der Waals surface area (Å²) in [5.74, 6) is 0.511. The summed E-state index contributed by atoms with van der Waals surface area (Å²) in [6.45, 7) is 3.70. The number of furan rings is 1. The van der Waals surface area contributed by atoms with Crippen LogP contribution in [0.3, 0.4) is 0 Å². The van der Waals surface area contributed by atoms with Crippen LogP contribution in [0.15, 0.2) is 34.9 Å². The Morgan fingerprint density at radius 2 is 2.20 bits per heavy atom. The maximum atomic E-state index is 11.0. The third-order valence-electron chi connectivity index (χ3n) is 2.64. The van der Waals surface area contributed by atoms with E-state index in [1.807, 2.05) is 18.2 Å². The number of Topliss-reactive ketones (excluding diaryl/α,β-unsaturated/α-hetero) is 1. The predicted molar refractivity (Wildman–Crippen MR) is 59.9 cm³/mol. The predicted octanol–water partition coefficient (Wildman–Crippen LogP) is 3.52. The number of rotatable bonds is 3. The van der Waals surface area contributed by atoms with Gasteiger partial charge in [0.05, 0.1) is 6.26 Å². The van der Waals surface area contributed by atoms with Crippen LogP contribution in [-0.2, 0) is 4.79 Å². The Kier molecular flexibility index (Phi) is 2.58. The summed E-state index contributed by atoms with van der Waals surface area (Å²) in [4.78, 5) is 11.0. The monoisotopic (exact) mass is 202 g/mol. The zero-order valence-corrected chi connectivity index (χ0v) is 8.99. The van der Waals surface area contributed by atoms with Gasteiger partial charge in [-0.15, -0.1) is 0 Å². The van der Waals surface area contributed by atoms with E-state index in [-0.39, 0.29) is 11.7 Å². The number of ketones is 1. The third-order valence-corrected chi connectivity index (χ3v) is 2.64. The van der Waals surface area contributed by atoms with Crippen LogP contribution in [0.1, 0.15) is 31.7 Å². The van der Waals surface area contributed by atoms with Gasteiger partial charge in [0, 0.05) is 11.8 Å². The van der Waals surface area contributed by atoms with Crippen LogP contribution in [0.4, 0.5) is 0 Å². The molecule has 0 bridgehead atoms. The molecule has 78 valence electrons. The number of fused-ring (bicyclic) bond motifs is 1. The van der Waals surface area contributed by atoms with E-state index < -0.39 is 0 Å². The molecule has 2 nitrogen and oxygen atoms in total. The van der Waals surface area contributed by atoms with Gasteiger partial charge in [0.2, 0.25) is 0 Å². The fourth-order valence-corrected chi connectivity index (χ4v) is 1.84. The molecular weight excluding hydrogens is 188 g/mol. The Morgan fingerprint density at radius 3 is 2.93 bits per heavy atom. The molecule has 0 aliphatic carbocycles. The van der Waals surface area contributed by atoms with Crippen molar-refractivity contribution in [2.45, 2.75) is 26.2 Å². The molecule has 1 atom stereocenters. The van der Waals surface area contributed by atoms with Crippen LogP contribution in [0.2, 0.25) is 0 Å². The van der Waals surface area contributed by atoms with Gasteiger partial charge in [-0.1, -0.05) is 13.0 Å². The summed E-state index contributed by atoms with van der Waals surface area (Å²) in [6, 6.07) is 8.02. The van der Waals surface area contributed by atoms with Gasteiger partial charge in [0.25, 0.3) is 0 Å². The van der Waals surface area contributed by atoms with Gasteiger partial charge in [-0.05, 0) is 36.6 Å². The molecule has 0 spiro atoms. The molecule has 1 aromatic carbocycles. The van der Waals surface area contributed by atoms with E-state index in [9.17, 15) is 4.79 Å². The first-order valence-electron chi connectivity index (χ1n) is 5.13. The summed E-state index contributed by atoms with van der Waals surface area (Å²) in [7, 11) is 0. The molecule has 0 radical (unpaired) electrons. The lowest BCUT2D eigenvalue weighted by molar-refractivity contribution is -0.117. The smallest absolute Gasteiger partial charge is 0.133 e. The highest BCUT2D eigenvalue weighted by atomic mass is 16.3. The van der Waals surface area contributed by atoms with Crippen molar-refractivity contribution < 1.29 is 9.21 Å². The van der Waals surface area contributed by atoms with E-state index in [0.29, 0.717) is 6.42 Å². The van der Waals surface area contributed by atoms with Crippen LogP contribution in [-0.4, -0.2) is 5.78 Å². The van der Waals surface area contributed by atoms with Gasteiger partial charge in [-0.3, -0.25) is 0 Å². The van der Waals surface area contributed by atoms with Gasteiger partial charge >= 0.3 is 0 Å². The Hall–Kier alpha value is -1.57. The van der Waals surface area contributed by atoms with Crippen LogP contribution in [0.25, 0.3) is 11.0 Å². The summed E-state index contributed by atoms with van der Waals surface area (Å²) < 4.78 is 5.27. The van der Waals surface area contributed by atoms with Crippen LogP contribution < -0.4 is 0 Å². The molecule has 1 unspecified atom stereocenters. The van der Waals surface area contributed by atoms with Crippen molar-refractivity contribution in [2.75, 3.05) is 0 Å².